The number of benzene rings is 1. The van der Waals surface area contributed by atoms with E-state index in [-0.39, 0.29) is 17.9 Å². The highest BCUT2D eigenvalue weighted by Gasteiger charge is 2.53. The van der Waals surface area contributed by atoms with Crippen molar-refractivity contribution in [2.24, 2.45) is 0 Å². The van der Waals surface area contributed by atoms with Crippen LogP contribution in [0.25, 0.3) is 17.0 Å². The highest BCUT2D eigenvalue weighted by Crippen LogP contribution is 2.50. The molecule has 1 aromatic carbocycles. The summed E-state index contributed by atoms with van der Waals surface area (Å²) in [6.45, 7) is 4.57. The van der Waals surface area contributed by atoms with Gasteiger partial charge in [0.15, 0.2) is 5.79 Å². The molecule has 4 aromatic rings. The van der Waals surface area contributed by atoms with Crippen LogP contribution in [0.1, 0.15) is 47.6 Å². The van der Waals surface area contributed by atoms with Gasteiger partial charge >= 0.3 is 0 Å². The second-order valence-electron chi connectivity index (χ2n) is 8.77. The third-order valence-electron chi connectivity index (χ3n) is 6.30. The molecule has 1 amide bonds. The summed E-state index contributed by atoms with van der Waals surface area (Å²) in [4.78, 5) is 21.8. The van der Waals surface area contributed by atoms with Crippen LogP contribution in [0.2, 0.25) is 0 Å². The molecule has 1 aliphatic heterocycles. The van der Waals surface area contributed by atoms with Crippen molar-refractivity contribution >= 4 is 17.2 Å². The molecular weight excluding hydrogens is 422 g/mol. The summed E-state index contributed by atoms with van der Waals surface area (Å²) in [5.41, 5.74) is 3.55. The number of hydrogen-bond acceptors (Lipinski definition) is 7. The van der Waals surface area contributed by atoms with Crippen LogP contribution >= 0.6 is 0 Å². The minimum absolute atomic E-state index is 0.117. The monoisotopic (exact) mass is 445 g/mol. The zero-order valence-electron chi connectivity index (χ0n) is 18.3. The lowest BCUT2D eigenvalue weighted by molar-refractivity contribution is -0.225. The van der Waals surface area contributed by atoms with Gasteiger partial charge in [-0.1, -0.05) is 23.4 Å². The number of hydrogen-bond donors (Lipinski definition) is 1. The van der Waals surface area contributed by atoms with Crippen LogP contribution in [0.5, 0.6) is 0 Å². The lowest BCUT2D eigenvalue weighted by Gasteiger charge is -2.41. The molecule has 0 radical (unpaired) electrons. The number of pyridine rings is 1. The Kier molecular flexibility index (Phi) is 4.56. The molecule has 0 unspecified atom stereocenters. The van der Waals surface area contributed by atoms with Gasteiger partial charge in [0.25, 0.3) is 5.91 Å². The van der Waals surface area contributed by atoms with Crippen LogP contribution in [0.3, 0.4) is 0 Å². The van der Waals surface area contributed by atoms with E-state index in [1.807, 2.05) is 56.4 Å². The Labute approximate surface area is 189 Å². The molecule has 1 aliphatic carbocycles. The van der Waals surface area contributed by atoms with Gasteiger partial charge in [-0.15, -0.1) is 0 Å². The normalized spacial score (nSPS) is 24.3. The fraction of sp³-hybridized carbons (Fsp3) is 0.333. The smallest absolute Gasteiger partial charge is 0.274 e. The predicted octanol–water partition coefficient (Wildman–Crippen LogP) is 3.95. The highest BCUT2D eigenvalue weighted by molar-refractivity contribution is 6.04. The van der Waals surface area contributed by atoms with E-state index in [0.29, 0.717) is 48.2 Å². The quantitative estimate of drug-likeness (QED) is 0.507. The van der Waals surface area contributed by atoms with E-state index in [1.165, 1.54) is 0 Å². The van der Waals surface area contributed by atoms with E-state index in [0.717, 1.165) is 11.1 Å². The fourth-order valence-electron chi connectivity index (χ4n) is 4.48. The number of anilines is 1. The average Bonchev–Trinajstić information content (AvgIpc) is 3.52. The molecule has 1 spiro atoms. The number of carbonyl (C=O) groups excluding carboxylic acids is 1. The summed E-state index contributed by atoms with van der Waals surface area (Å²) in [6, 6.07) is 11.3. The Hall–Kier alpha value is -3.56. The number of amides is 1. The molecule has 168 valence electrons. The van der Waals surface area contributed by atoms with Crippen molar-refractivity contribution in [3.05, 3.63) is 65.9 Å². The maximum absolute atomic E-state index is 12.9. The van der Waals surface area contributed by atoms with Crippen LogP contribution in [0.15, 0.2) is 53.3 Å². The minimum atomic E-state index is -0.488. The Morgan fingerprint density at radius 2 is 2.12 bits per heavy atom. The molecule has 9 nitrogen and oxygen atoms in total. The molecule has 1 atom stereocenters. The first-order valence-electron chi connectivity index (χ1n) is 11.0. The van der Waals surface area contributed by atoms with Gasteiger partial charge in [-0.2, -0.15) is 4.98 Å². The standard InChI is InChI=1S/C24H23N5O4/c1-14-6-7-16(9-18(14)26-22(30)19-12-25-20-5-3-4-8-29(19)20)21-27-23(33-28-21)17-10-24(11-17)31-13-15(2)32-24/h3-9,12,15,17H,10-11,13H2,1-2H3,(H,26,30)/t15-,17?,24?/m0/s1. The van der Waals surface area contributed by atoms with Crippen LogP contribution in [0, 0.1) is 6.92 Å². The number of fused-ring (bicyclic) bond motifs is 1. The zero-order valence-corrected chi connectivity index (χ0v) is 18.3. The van der Waals surface area contributed by atoms with Gasteiger partial charge in [-0.25, -0.2) is 4.98 Å². The number of aryl methyl sites for hydroxylation is 1. The van der Waals surface area contributed by atoms with E-state index in [9.17, 15) is 4.79 Å². The van der Waals surface area contributed by atoms with Crippen molar-refractivity contribution in [2.45, 2.75) is 44.5 Å². The Balaban J connectivity index is 1.20. The molecule has 9 heteroatoms. The molecule has 2 aliphatic rings. The summed E-state index contributed by atoms with van der Waals surface area (Å²) >= 11 is 0. The number of carbonyl (C=O) groups is 1. The van der Waals surface area contributed by atoms with Crippen LogP contribution in [-0.4, -0.2) is 43.9 Å². The molecule has 1 saturated heterocycles. The van der Waals surface area contributed by atoms with Crippen molar-refractivity contribution in [3.8, 4) is 11.4 Å². The van der Waals surface area contributed by atoms with Crippen molar-refractivity contribution in [1.82, 2.24) is 19.5 Å². The van der Waals surface area contributed by atoms with Gasteiger partial charge in [-0.05, 0) is 37.6 Å². The van der Waals surface area contributed by atoms with E-state index < -0.39 is 5.79 Å². The third-order valence-corrected chi connectivity index (χ3v) is 6.30. The first kappa shape index (κ1) is 20.1. The zero-order chi connectivity index (χ0) is 22.6. The number of nitrogens with zero attached hydrogens (tertiary/aromatic N) is 4. The topological polar surface area (TPSA) is 104 Å². The molecule has 0 bridgehead atoms. The maximum atomic E-state index is 12.9. The molecule has 6 rings (SSSR count). The van der Waals surface area contributed by atoms with Crippen molar-refractivity contribution in [1.29, 1.82) is 0 Å². The van der Waals surface area contributed by atoms with E-state index >= 15 is 0 Å². The highest BCUT2D eigenvalue weighted by atomic mass is 16.7. The largest absolute Gasteiger partial charge is 0.347 e. The maximum Gasteiger partial charge on any atom is 0.274 e. The lowest BCUT2D eigenvalue weighted by Crippen LogP contribution is -2.44. The van der Waals surface area contributed by atoms with Gasteiger partial charge in [0, 0.05) is 36.2 Å². The van der Waals surface area contributed by atoms with E-state index in [1.54, 1.807) is 10.6 Å². The number of nitrogens with one attached hydrogen (secondary N) is 1. The molecular formula is C24H23N5O4. The van der Waals surface area contributed by atoms with E-state index in [4.69, 9.17) is 14.0 Å². The summed E-state index contributed by atoms with van der Waals surface area (Å²) in [7, 11) is 0. The van der Waals surface area contributed by atoms with E-state index in [2.05, 4.69) is 20.4 Å². The number of aromatic nitrogens is 4. The molecule has 1 N–H and O–H groups in total. The molecule has 4 heterocycles. The van der Waals surface area contributed by atoms with Gasteiger partial charge < -0.3 is 19.3 Å². The Morgan fingerprint density at radius 3 is 2.94 bits per heavy atom. The Morgan fingerprint density at radius 1 is 1.24 bits per heavy atom. The first-order valence-corrected chi connectivity index (χ1v) is 11.0. The minimum Gasteiger partial charge on any atom is -0.347 e. The second-order valence-corrected chi connectivity index (χ2v) is 8.77. The van der Waals surface area contributed by atoms with Crippen LogP contribution in [-0.2, 0) is 9.47 Å². The predicted molar refractivity (Wildman–Crippen MR) is 119 cm³/mol. The lowest BCUT2D eigenvalue weighted by atomic mass is 9.78. The number of imidazole rings is 1. The van der Waals surface area contributed by atoms with Gasteiger partial charge in [0.2, 0.25) is 11.7 Å². The number of ether oxygens (including phenoxy) is 2. The van der Waals surface area contributed by atoms with Gasteiger partial charge in [0.1, 0.15) is 11.3 Å². The van der Waals surface area contributed by atoms with Crippen molar-refractivity contribution < 1.29 is 18.8 Å². The average molecular weight is 445 g/mol. The number of rotatable bonds is 4. The molecule has 33 heavy (non-hydrogen) atoms. The third kappa shape index (κ3) is 3.49. The van der Waals surface area contributed by atoms with Crippen molar-refractivity contribution in [3.63, 3.8) is 0 Å². The van der Waals surface area contributed by atoms with Gasteiger partial charge in [-0.3, -0.25) is 9.20 Å². The molecule has 1 saturated carbocycles. The SMILES string of the molecule is Cc1ccc(-c2noc(C3CC4(C3)OC[C@H](C)O4)n2)cc1NC(=O)c1cnc2ccccn12. The summed E-state index contributed by atoms with van der Waals surface area (Å²) in [5, 5.41) is 7.15. The summed E-state index contributed by atoms with van der Waals surface area (Å²) in [5.74, 6) is 0.458. The fourth-order valence-corrected chi connectivity index (χ4v) is 4.48. The summed E-state index contributed by atoms with van der Waals surface area (Å²) in [6.07, 6.45) is 4.93. The van der Waals surface area contributed by atoms with Crippen LogP contribution < -0.4 is 5.32 Å². The Bertz CT molecular complexity index is 1350. The van der Waals surface area contributed by atoms with Gasteiger partial charge in [0.05, 0.1) is 18.9 Å². The molecule has 3 aromatic heterocycles. The van der Waals surface area contributed by atoms with Crippen molar-refractivity contribution in [2.75, 3.05) is 11.9 Å². The summed E-state index contributed by atoms with van der Waals surface area (Å²) < 4.78 is 19.0. The first-order chi connectivity index (χ1) is 16.0. The molecule has 2 fully saturated rings. The second kappa shape index (κ2) is 7.50. The van der Waals surface area contributed by atoms with Crippen LogP contribution in [0.4, 0.5) is 5.69 Å².